The maximum atomic E-state index is 9.27. The summed E-state index contributed by atoms with van der Waals surface area (Å²) in [7, 11) is 2.09. The summed E-state index contributed by atoms with van der Waals surface area (Å²) in [5.41, 5.74) is 6.75. The molecule has 0 aliphatic carbocycles. The highest BCUT2D eigenvalue weighted by Gasteiger charge is 2.21. The second kappa shape index (κ2) is 5.84. The van der Waals surface area contributed by atoms with Gasteiger partial charge in [-0.1, -0.05) is 30.3 Å². The van der Waals surface area contributed by atoms with Crippen molar-refractivity contribution in [3.05, 3.63) is 70.9 Å². The first-order chi connectivity index (χ1) is 11.2. The Balaban J connectivity index is 1.63. The van der Waals surface area contributed by atoms with Crippen LogP contribution in [0.15, 0.2) is 48.7 Å². The maximum Gasteiger partial charge on any atom is 0.0484 e. The molecule has 0 saturated heterocycles. The Morgan fingerprint density at radius 1 is 1.04 bits per heavy atom. The quantitative estimate of drug-likeness (QED) is 0.801. The first kappa shape index (κ1) is 14.5. The summed E-state index contributed by atoms with van der Waals surface area (Å²) in [5, 5.41) is 10.6. The Morgan fingerprint density at radius 2 is 1.78 bits per heavy atom. The largest absolute Gasteiger partial charge is 0.396 e. The van der Waals surface area contributed by atoms with Gasteiger partial charge < -0.3 is 9.67 Å². The summed E-state index contributed by atoms with van der Waals surface area (Å²) in [4.78, 5) is 2.49. The second-order valence-electron chi connectivity index (χ2n) is 6.51. The fraction of sp³-hybridized carbons (Fsp3) is 0.300. The highest BCUT2D eigenvalue weighted by molar-refractivity contribution is 5.85. The normalized spacial score (nSPS) is 14.5. The van der Waals surface area contributed by atoms with Crippen LogP contribution in [0, 0.1) is 0 Å². The van der Waals surface area contributed by atoms with E-state index in [1.165, 1.54) is 33.2 Å². The van der Waals surface area contributed by atoms with Crippen molar-refractivity contribution in [3.63, 3.8) is 0 Å². The van der Waals surface area contributed by atoms with E-state index in [1.807, 2.05) is 0 Å². The number of aliphatic hydroxyl groups excluding tert-OH is 1. The SMILES string of the molecule is Cn1cc(CCO)c2cc3c(cc21)CN(Cc1ccccc1)C3. The number of aromatic nitrogens is 1. The fourth-order valence-corrected chi connectivity index (χ4v) is 3.70. The monoisotopic (exact) mass is 306 g/mol. The van der Waals surface area contributed by atoms with Gasteiger partial charge in [0.15, 0.2) is 0 Å². The van der Waals surface area contributed by atoms with Crippen molar-refractivity contribution in [1.82, 2.24) is 9.47 Å². The maximum absolute atomic E-state index is 9.27. The van der Waals surface area contributed by atoms with Crippen molar-refractivity contribution < 1.29 is 5.11 Å². The molecule has 0 bridgehead atoms. The summed E-state index contributed by atoms with van der Waals surface area (Å²) in [6.07, 6.45) is 2.88. The zero-order chi connectivity index (χ0) is 15.8. The molecule has 2 heterocycles. The van der Waals surface area contributed by atoms with Crippen LogP contribution in [0.4, 0.5) is 0 Å². The molecular formula is C20H22N2O. The van der Waals surface area contributed by atoms with Crippen molar-refractivity contribution in [2.45, 2.75) is 26.1 Å². The predicted octanol–water partition coefficient (Wildman–Crippen LogP) is 3.23. The van der Waals surface area contributed by atoms with E-state index in [-0.39, 0.29) is 6.61 Å². The third kappa shape index (κ3) is 2.67. The van der Waals surface area contributed by atoms with Gasteiger partial charge in [0.25, 0.3) is 0 Å². The van der Waals surface area contributed by atoms with Gasteiger partial charge in [-0.3, -0.25) is 4.90 Å². The van der Waals surface area contributed by atoms with Crippen LogP contribution in [-0.4, -0.2) is 21.2 Å². The van der Waals surface area contributed by atoms with E-state index in [0.717, 1.165) is 26.1 Å². The lowest BCUT2D eigenvalue weighted by Crippen LogP contribution is -2.15. The van der Waals surface area contributed by atoms with Crippen molar-refractivity contribution >= 4 is 10.9 Å². The molecule has 1 aliphatic rings. The van der Waals surface area contributed by atoms with E-state index in [1.54, 1.807) is 0 Å². The van der Waals surface area contributed by atoms with Crippen molar-refractivity contribution in [2.75, 3.05) is 6.61 Å². The van der Waals surface area contributed by atoms with Crippen LogP contribution in [0.3, 0.4) is 0 Å². The number of nitrogens with zero attached hydrogens (tertiary/aromatic N) is 2. The fourth-order valence-electron chi connectivity index (χ4n) is 3.70. The lowest BCUT2D eigenvalue weighted by atomic mass is 10.0. The van der Waals surface area contributed by atoms with Gasteiger partial charge in [-0.25, -0.2) is 0 Å². The van der Waals surface area contributed by atoms with Crippen LogP contribution in [0.2, 0.25) is 0 Å². The minimum Gasteiger partial charge on any atom is -0.396 e. The van der Waals surface area contributed by atoms with Gasteiger partial charge in [0, 0.05) is 50.4 Å². The van der Waals surface area contributed by atoms with Crippen LogP contribution in [-0.2, 0) is 33.1 Å². The molecule has 3 nitrogen and oxygen atoms in total. The molecule has 1 aliphatic heterocycles. The van der Waals surface area contributed by atoms with Crippen molar-refractivity contribution in [3.8, 4) is 0 Å². The van der Waals surface area contributed by atoms with Crippen molar-refractivity contribution in [2.24, 2.45) is 7.05 Å². The first-order valence-electron chi connectivity index (χ1n) is 8.21. The zero-order valence-corrected chi connectivity index (χ0v) is 13.5. The molecule has 23 heavy (non-hydrogen) atoms. The predicted molar refractivity (Wildman–Crippen MR) is 93.1 cm³/mol. The van der Waals surface area contributed by atoms with Crippen LogP contribution < -0.4 is 0 Å². The smallest absolute Gasteiger partial charge is 0.0484 e. The molecule has 0 amide bonds. The highest BCUT2D eigenvalue weighted by Crippen LogP contribution is 2.31. The van der Waals surface area contributed by atoms with Gasteiger partial charge in [0.1, 0.15) is 0 Å². The van der Waals surface area contributed by atoms with Crippen molar-refractivity contribution in [1.29, 1.82) is 0 Å². The molecule has 4 rings (SSSR count). The average Bonchev–Trinajstić information content (AvgIpc) is 3.07. The molecule has 1 N–H and O–H groups in total. The van der Waals surface area contributed by atoms with E-state index >= 15 is 0 Å². The zero-order valence-electron chi connectivity index (χ0n) is 13.5. The summed E-state index contributed by atoms with van der Waals surface area (Å²) >= 11 is 0. The Kier molecular flexibility index (Phi) is 3.68. The molecule has 3 aromatic rings. The van der Waals surface area contributed by atoms with E-state index in [2.05, 4.69) is 65.2 Å². The lowest BCUT2D eigenvalue weighted by molar-refractivity contribution is 0.275. The van der Waals surface area contributed by atoms with Gasteiger partial charge in [0.05, 0.1) is 0 Å². The highest BCUT2D eigenvalue weighted by atomic mass is 16.2. The molecule has 118 valence electrons. The number of aryl methyl sites for hydroxylation is 1. The number of benzene rings is 2. The van der Waals surface area contributed by atoms with Crippen LogP contribution in [0.1, 0.15) is 22.3 Å². The molecule has 0 unspecified atom stereocenters. The third-order valence-electron chi connectivity index (χ3n) is 4.81. The van der Waals surface area contributed by atoms with Gasteiger partial charge in [-0.15, -0.1) is 0 Å². The van der Waals surface area contributed by atoms with Crippen LogP contribution in [0.25, 0.3) is 10.9 Å². The molecule has 0 radical (unpaired) electrons. The number of aliphatic hydroxyl groups is 1. The minimum atomic E-state index is 0.205. The van der Waals surface area contributed by atoms with E-state index in [0.29, 0.717) is 0 Å². The van der Waals surface area contributed by atoms with Crippen LogP contribution in [0.5, 0.6) is 0 Å². The topological polar surface area (TPSA) is 28.4 Å². The molecule has 0 atom stereocenters. The molecule has 2 aromatic carbocycles. The average molecular weight is 306 g/mol. The first-order valence-corrected chi connectivity index (χ1v) is 8.21. The second-order valence-corrected chi connectivity index (χ2v) is 6.51. The Morgan fingerprint density at radius 3 is 2.52 bits per heavy atom. The third-order valence-corrected chi connectivity index (χ3v) is 4.81. The van der Waals surface area contributed by atoms with Gasteiger partial charge in [-0.2, -0.15) is 0 Å². The van der Waals surface area contributed by atoms with E-state index in [9.17, 15) is 5.11 Å². The van der Waals surface area contributed by atoms with Gasteiger partial charge in [0.2, 0.25) is 0 Å². The van der Waals surface area contributed by atoms with Gasteiger partial charge >= 0.3 is 0 Å². The summed E-state index contributed by atoms with van der Waals surface area (Å²) in [6, 6.07) is 15.3. The minimum absolute atomic E-state index is 0.205. The number of hydrogen-bond acceptors (Lipinski definition) is 2. The molecular weight excluding hydrogens is 284 g/mol. The van der Waals surface area contributed by atoms with Gasteiger partial charge in [-0.05, 0) is 40.8 Å². The van der Waals surface area contributed by atoms with E-state index in [4.69, 9.17) is 0 Å². The number of hydrogen-bond donors (Lipinski definition) is 1. The molecule has 0 fully saturated rings. The Labute approximate surface area is 136 Å². The summed E-state index contributed by atoms with van der Waals surface area (Å²) in [5.74, 6) is 0. The molecule has 0 saturated carbocycles. The standard InChI is InChI=1S/C20H22N2O/c1-21-12-16(7-8-23)19-9-17-13-22(14-18(17)10-20(19)21)11-15-5-3-2-4-6-15/h2-6,9-10,12,23H,7-8,11,13-14H2,1H3. The number of fused-ring (bicyclic) bond motifs is 2. The molecule has 0 spiro atoms. The lowest BCUT2D eigenvalue weighted by Gasteiger charge is -2.14. The number of rotatable bonds is 4. The summed E-state index contributed by atoms with van der Waals surface area (Å²) in [6.45, 7) is 3.22. The Bertz CT molecular complexity index is 836. The summed E-state index contributed by atoms with van der Waals surface area (Å²) < 4.78 is 2.18. The van der Waals surface area contributed by atoms with Crippen LogP contribution >= 0.6 is 0 Å². The van der Waals surface area contributed by atoms with E-state index < -0.39 is 0 Å². The molecule has 3 heteroatoms. The molecule has 1 aromatic heterocycles. The Hall–Kier alpha value is -2.10.